The molecule has 6 nitrogen and oxygen atoms in total. The monoisotopic (exact) mass is 225 g/mol. The van der Waals surface area contributed by atoms with Crippen molar-refractivity contribution in [1.82, 2.24) is 9.97 Å². The van der Waals surface area contributed by atoms with Crippen molar-refractivity contribution < 1.29 is 9.53 Å². The number of methoxy groups -OCH3 is 1. The fourth-order valence-corrected chi connectivity index (χ4v) is 1.20. The van der Waals surface area contributed by atoms with Gasteiger partial charge in [-0.3, -0.25) is 14.6 Å². The Morgan fingerprint density at radius 1 is 1.62 bits per heavy atom. The van der Waals surface area contributed by atoms with E-state index < -0.39 is 0 Å². The number of ether oxygens (including phenoxy) is 1. The minimum absolute atomic E-state index is 0.182. The molecule has 1 aromatic heterocycles. The zero-order valence-electron chi connectivity index (χ0n) is 9.37. The summed E-state index contributed by atoms with van der Waals surface area (Å²) < 4.78 is 4.49. The number of nitrogens with zero attached hydrogens (tertiary/aromatic N) is 1. The Kier molecular flexibility index (Phi) is 4.50. The molecule has 0 atom stereocenters. The smallest absolute Gasteiger partial charge is 0.305 e. The van der Waals surface area contributed by atoms with Gasteiger partial charge in [0.15, 0.2) is 0 Å². The Labute approximate surface area is 93.0 Å². The lowest BCUT2D eigenvalue weighted by atomic mass is 10.2. The molecule has 0 fully saturated rings. The number of nitrogens with one attached hydrogen (secondary N) is 2. The van der Waals surface area contributed by atoms with Crippen LogP contribution in [-0.2, 0) is 16.0 Å². The number of anilines is 1. The van der Waals surface area contributed by atoms with Crippen molar-refractivity contribution in [3.63, 3.8) is 0 Å². The molecular weight excluding hydrogens is 210 g/mol. The van der Waals surface area contributed by atoms with Crippen molar-refractivity contribution in [3.05, 3.63) is 22.1 Å². The Hall–Kier alpha value is -1.85. The Morgan fingerprint density at radius 3 is 2.94 bits per heavy atom. The van der Waals surface area contributed by atoms with Crippen LogP contribution in [0.1, 0.15) is 18.9 Å². The van der Waals surface area contributed by atoms with E-state index in [1.165, 1.54) is 13.3 Å². The standard InChI is InChI=1S/C10H15N3O3/c1-3-11-10-12-6-7(9(15)13-10)4-5-8(14)16-2/h6H,3-5H2,1-2H3,(H2,11,12,13,15). The molecule has 0 aromatic carbocycles. The van der Waals surface area contributed by atoms with Crippen LogP contribution in [-0.4, -0.2) is 29.6 Å². The molecule has 6 heteroatoms. The van der Waals surface area contributed by atoms with Crippen LogP contribution in [0.3, 0.4) is 0 Å². The zero-order valence-corrected chi connectivity index (χ0v) is 9.37. The van der Waals surface area contributed by atoms with Gasteiger partial charge in [0.25, 0.3) is 5.56 Å². The summed E-state index contributed by atoms with van der Waals surface area (Å²) in [4.78, 5) is 29.0. The van der Waals surface area contributed by atoms with Crippen LogP contribution >= 0.6 is 0 Å². The maximum atomic E-state index is 11.5. The Balaban J connectivity index is 2.68. The molecule has 16 heavy (non-hydrogen) atoms. The van der Waals surface area contributed by atoms with Crippen LogP contribution in [0.25, 0.3) is 0 Å². The highest BCUT2D eigenvalue weighted by atomic mass is 16.5. The van der Waals surface area contributed by atoms with E-state index in [2.05, 4.69) is 20.0 Å². The SMILES string of the molecule is CCNc1ncc(CCC(=O)OC)c(=O)[nH]1. The topological polar surface area (TPSA) is 84.1 Å². The zero-order chi connectivity index (χ0) is 12.0. The summed E-state index contributed by atoms with van der Waals surface area (Å²) in [6.07, 6.45) is 1.99. The van der Waals surface area contributed by atoms with Crippen LogP contribution in [0.4, 0.5) is 5.95 Å². The lowest BCUT2D eigenvalue weighted by Crippen LogP contribution is -2.17. The molecule has 0 aliphatic carbocycles. The first-order chi connectivity index (χ1) is 7.67. The van der Waals surface area contributed by atoms with Gasteiger partial charge in [-0.05, 0) is 13.3 Å². The normalized spacial score (nSPS) is 9.88. The van der Waals surface area contributed by atoms with E-state index in [9.17, 15) is 9.59 Å². The predicted molar refractivity (Wildman–Crippen MR) is 59.4 cm³/mol. The third-order valence-corrected chi connectivity index (χ3v) is 2.04. The molecule has 2 N–H and O–H groups in total. The number of aromatic nitrogens is 2. The average molecular weight is 225 g/mol. The van der Waals surface area contributed by atoms with E-state index in [0.717, 1.165) is 0 Å². The van der Waals surface area contributed by atoms with Gasteiger partial charge in [0, 0.05) is 24.7 Å². The lowest BCUT2D eigenvalue weighted by molar-refractivity contribution is -0.140. The van der Waals surface area contributed by atoms with Gasteiger partial charge in [-0.2, -0.15) is 0 Å². The number of H-pyrrole nitrogens is 1. The average Bonchev–Trinajstić information content (AvgIpc) is 2.28. The quantitative estimate of drug-likeness (QED) is 0.704. The van der Waals surface area contributed by atoms with Crippen LogP contribution in [0.15, 0.2) is 11.0 Å². The van der Waals surface area contributed by atoms with Crippen molar-refractivity contribution >= 4 is 11.9 Å². The first-order valence-electron chi connectivity index (χ1n) is 5.06. The fourth-order valence-electron chi connectivity index (χ4n) is 1.20. The van der Waals surface area contributed by atoms with Crippen molar-refractivity contribution in [2.75, 3.05) is 19.0 Å². The summed E-state index contributed by atoms with van der Waals surface area (Å²) in [5.41, 5.74) is 0.252. The Bertz CT molecular complexity index is 414. The number of carbonyl (C=O) groups excluding carboxylic acids is 1. The van der Waals surface area contributed by atoms with Gasteiger partial charge < -0.3 is 10.1 Å². The highest BCUT2D eigenvalue weighted by Crippen LogP contribution is 1.99. The molecule has 1 heterocycles. The number of esters is 1. The molecule has 0 bridgehead atoms. The number of aryl methyl sites for hydroxylation is 1. The Morgan fingerprint density at radius 2 is 2.38 bits per heavy atom. The van der Waals surface area contributed by atoms with E-state index in [-0.39, 0.29) is 17.9 Å². The first kappa shape index (κ1) is 12.2. The highest BCUT2D eigenvalue weighted by Gasteiger charge is 2.06. The number of aromatic amines is 1. The summed E-state index contributed by atoms with van der Waals surface area (Å²) >= 11 is 0. The first-order valence-corrected chi connectivity index (χ1v) is 5.06. The van der Waals surface area contributed by atoms with Gasteiger partial charge in [-0.15, -0.1) is 0 Å². The van der Waals surface area contributed by atoms with Gasteiger partial charge in [0.2, 0.25) is 5.95 Å². The summed E-state index contributed by atoms with van der Waals surface area (Å²) in [6.45, 7) is 2.59. The molecule has 0 unspecified atom stereocenters. The second-order valence-corrected chi connectivity index (χ2v) is 3.19. The molecule has 0 spiro atoms. The maximum absolute atomic E-state index is 11.5. The molecule has 0 aliphatic heterocycles. The summed E-state index contributed by atoms with van der Waals surface area (Å²) in [5, 5.41) is 2.89. The molecule has 0 saturated heterocycles. The fraction of sp³-hybridized carbons (Fsp3) is 0.500. The van der Waals surface area contributed by atoms with Crippen molar-refractivity contribution in [2.45, 2.75) is 19.8 Å². The second kappa shape index (κ2) is 5.89. The highest BCUT2D eigenvalue weighted by molar-refractivity contribution is 5.69. The molecule has 88 valence electrons. The predicted octanol–water partition coefficient (Wildman–Crippen LogP) is 0.307. The van der Waals surface area contributed by atoms with E-state index in [1.807, 2.05) is 6.92 Å². The maximum Gasteiger partial charge on any atom is 0.305 e. The molecule has 0 amide bonds. The van der Waals surface area contributed by atoms with Gasteiger partial charge >= 0.3 is 5.97 Å². The van der Waals surface area contributed by atoms with Gasteiger partial charge in [0.1, 0.15) is 0 Å². The van der Waals surface area contributed by atoms with Crippen LogP contribution in [0, 0.1) is 0 Å². The number of hydrogen-bond donors (Lipinski definition) is 2. The number of hydrogen-bond acceptors (Lipinski definition) is 5. The number of rotatable bonds is 5. The lowest BCUT2D eigenvalue weighted by Gasteiger charge is -2.03. The minimum Gasteiger partial charge on any atom is -0.469 e. The van der Waals surface area contributed by atoms with E-state index in [0.29, 0.717) is 24.5 Å². The molecular formula is C10H15N3O3. The van der Waals surface area contributed by atoms with E-state index in [4.69, 9.17) is 0 Å². The third kappa shape index (κ3) is 3.38. The van der Waals surface area contributed by atoms with E-state index >= 15 is 0 Å². The van der Waals surface area contributed by atoms with Crippen LogP contribution in [0.2, 0.25) is 0 Å². The second-order valence-electron chi connectivity index (χ2n) is 3.19. The minimum atomic E-state index is -0.338. The molecule has 1 rings (SSSR count). The molecule has 0 radical (unpaired) electrons. The van der Waals surface area contributed by atoms with Crippen molar-refractivity contribution in [2.24, 2.45) is 0 Å². The van der Waals surface area contributed by atoms with Gasteiger partial charge in [0.05, 0.1) is 7.11 Å². The van der Waals surface area contributed by atoms with Crippen molar-refractivity contribution in [1.29, 1.82) is 0 Å². The van der Waals surface area contributed by atoms with Gasteiger partial charge in [-0.25, -0.2) is 4.98 Å². The molecule has 1 aromatic rings. The summed E-state index contributed by atoms with van der Waals surface area (Å²) in [6, 6.07) is 0. The van der Waals surface area contributed by atoms with E-state index in [1.54, 1.807) is 0 Å². The summed E-state index contributed by atoms with van der Waals surface area (Å²) in [5.74, 6) is 0.101. The van der Waals surface area contributed by atoms with Crippen LogP contribution in [0.5, 0.6) is 0 Å². The third-order valence-electron chi connectivity index (χ3n) is 2.04. The molecule has 0 saturated carbocycles. The summed E-state index contributed by atoms with van der Waals surface area (Å²) in [7, 11) is 1.32. The molecule has 0 aliphatic rings. The largest absolute Gasteiger partial charge is 0.469 e. The number of carbonyl (C=O) groups is 1. The van der Waals surface area contributed by atoms with Crippen molar-refractivity contribution in [3.8, 4) is 0 Å². The van der Waals surface area contributed by atoms with Crippen LogP contribution < -0.4 is 10.9 Å². The van der Waals surface area contributed by atoms with Gasteiger partial charge in [-0.1, -0.05) is 0 Å².